The predicted octanol–water partition coefficient (Wildman–Crippen LogP) is 3.69. The van der Waals surface area contributed by atoms with Crippen LogP contribution in [0.5, 0.6) is 0 Å². The minimum absolute atomic E-state index is 0.0401. The number of unbranched alkanes of at least 4 members (excludes halogenated alkanes) is 9. The Morgan fingerprint density at radius 2 is 1.52 bits per heavy atom. The SMILES string of the molecule is CCCCCCCCCCC/C=C/COC(CC(=O)[O-])C[N+](C)(C)C. The van der Waals surface area contributed by atoms with Gasteiger partial charge in [0.2, 0.25) is 0 Å². The van der Waals surface area contributed by atoms with Gasteiger partial charge in [-0.15, -0.1) is 0 Å². The van der Waals surface area contributed by atoms with Crippen molar-refractivity contribution in [1.82, 2.24) is 0 Å². The van der Waals surface area contributed by atoms with Gasteiger partial charge in [0.15, 0.2) is 0 Å². The van der Waals surface area contributed by atoms with E-state index in [1.54, 1.807) is 0 Å². The summed E-state index contributed by atoms with van der Waals surface area (Å²) < 4.78 is 6.38. The third-order valence-electron chi connectivity index (χ3n) is 4.21. The molecule has 0 aromatic carbocycles. The number of carboxylic acid groups (broad SMARTS) is 1. The van der Waals surface area contributed by atoms with E-state index in [1.807, 2.05) is 27.2 Å². The number of hydrogen-bond donors (Lipinski definition) is 0. The van der Waals surface area contributed by atoms with Crippen molar-refractivity contribution >= 4 is 5.97 Å². The maximum atomic E-state index is 10.8. The summed E-state index contributed by atoms with van der Waals surface area (Å²) in [7, 11) is 6.10. The van der Waals surface area contributed by atoms with Gasteiger partial charge >= 0.3 is 0 Å². The van der Waals surface area contributed by atoms with Crippen LogP contribution in [0.1, 0.15) is 77.6 Å². The quantitative estimate of drug-likeness (QED) is 0.227. The van der Waals surface area contributed by atoms with E-state index in [1.165, 1.54) is 57.8 Å². The molecule has 0 fully saturated rings. The topological polar surface area (TPSA) is 49.4 Å². The van der Waals surface area contributed by atoms with Crippen LogP contribution in [0.4, 0.5) is 0 Å². The van der Waals surface area contributed by atoms with E-state index < -0.39 is 5.97 Å². The third kappa shape index (κ3) is 19.3. The first kappa shape index (κ1) is 24.1. The summed E-state index contributed by atoms with van der Waals surface area (Å²) >= 11 is 0. The van der Waals surface area contributed by atoms with Gasteiger partial charge in [0.1, 0.15) is 12.6 Å². The molecule has 0 heterocycles. The number of rotatable bonds is 17. The molecule has 4 heteroatoms. The van der Waals surface area contributed by atoms with Gasteiger partial charge in [-0.1, -0.05) is 70.4 Å². The van der Waals surface area contributed by atoms with Crippen molar-refractivity contribution in [3.63, 3.8) is 0 Å². The van der Waals surface area contributed by atoms with Crippen molar-refractivity contribution in [2.45, 2.75) is 83.7 Å². The smallest absolute Gasteiger partial charge is 0.112 e. The Morgan fingerprint density at radius 1 is 0.960 bits per heavy atom. The van der Waals surface area contributed by atoms with E-state index in [0.717, 1.165) is 6.42 Å². The molecule has 0 saturated carbocycles. The van der Waals surface area contributed by atoms with Gasteiger partial charge in [-0.25, -0.2) is 0 Å². The molecule has 0 bridgehead atoms. The molecule has 0 aromatic rings. The number of carbonyl (C=O) groups is 1. The molecular formula is C21H41NO3. The van der Waals surface area contributed by atoms with Crippen molar-refractivity contribution in [3.8, 4) is 0 Å². The second kappa shape index (κ2) is 15.4. The number of ether oxygens (including phenoxy) is 1. The minimum Gasteiger partial charge on any atom is -0.550 e. The molecule has 1 atom stereocenters. The van der Waals surface area contributed by atoms with E-state index in [0.29, 0.717) is 17.6 Å². The number of nitrogens with zero attached hydrogens (tertiary/aromatic N) is 1. The Balaban J connectivity index is 3.63. The first-order valence-electron chi connectivity index (χ1n) is 10.1. The highest BCUT2D eigenvalue weighted by atomic mass is 16.5. The molecule has 0 rings (SSSR count). The summed E-state index contributed by atoms with van der Waals surface area (Å²) in [6, 6.07) is 0. The fourth-order valence-corrected chi connectivity index (χ4v) is 2.92. The van der Waals surface area contributed by atoms with Crippen LogP contribution in [0, 0.1) is 0 Å². The van der Waals surface area contributed by atoms with Gasteiger partial charge in [-0.05, 0) is 12.8 Å². The van der Waals surface area contributed by atoms with Crippen molar-refractivity contribution in [2.24, 2.45) is 0 Å². The van der Waals surface area contributed by atoms with Crippen LogP contribution in [0.3, 0.4) is 0 Å². The van der Waals surface area contributed by atoms with E-state index in [9.17, 15) is 9.90 Å². The van der Waals surface area contributed by atoms with Crippen LogP contribution in [-0.4, -0.2) is 50.9 Å². The molecule has 0 aliphatic heterocycles. The monoisotopic (exact) mass is 355 g/mol. The average Bonchev–Trinajstić information content (AvgIpc) is 2.49. The lowest BCUT2D eigenvalue weighted by atomic mass is 10.1. The zero-order valence-corrected chi connectivity index (χ0v) is 17.1. The predicted molar refractivity (Wildman–Crippen MR) is 103 cm³/mol. The van der Waals surface area contributed by atoms with E-state index >= 15 is 0 Å². The lowest BCUT2D eigenvalue weighted by Gasteiger charge is -2.29. The molecule has 148 valence electrons. The van der Waals surface area contributed by atoms with Crippen LogP contribution in [0.25, 0.3) is 0 Å². The van der Waals surface area contributed by atoms with Crippen molar-refractivity contribution < 1.29 is 19.1 Å². The second-order valence-electron chi connectivity index (χ2n) is 8.09. The summed E-state index contributed by atoms with van der Waals surface area (Å²) in [4.78, 5) is 10.8. The zero-order valence-electron chi connectivity index (χ0n) is 17.1. The fraction of sp³-hybridized carbons (Fsp3) is 0.857. The van der Waals surface area contributed by atoms with Crippen molar-refractivity contribution in [2.75, 3.05) is 34.3 Å². The summed E-state index contributed by atoms with van der Waals surface area (Å²) in [5.74, 6) is -1.04. The molecule has 0 N–H and O–H groups in total. The summed E-state index contributed by atoms with van der Waals surface area (Å²) in [6.07, 6.45) is 17.0. The molecule has 0 amide bonds. The van der Waals surface area contributed by atoms with Gasteiger partial charge < -0.3 is 19.1 Å². The average molecular weight is 356 g/mol. The van der Waals surface area contributed by atoms with E-state index in [2.05, 4.69) is 13.0 Å². The molecule has 0 spiro atoms. The molecule has 4 nitrogen and oxygen atoms in total. The fourth-order valence-electron chi connectivity index (χ4n) is 2.92. The van der Waals surface area contributed by atoms with Gasteiger partial charge in [-0.2, -0.15) is 0 Å². The number of hydrogen-bond acceptors (Lipinski definition) is 3. The summed E-state index contributed by atoms with van der Waals surface area (Å²) in [5, 5.41) is 10.8. The highest BCUT2D eigenvalue weighted by molar-refractivity contribution is 5.64. The van der Waals surface area contributed by atoms with Crippen LogP contribution in [0.2, 0.25) is 0 Å². The number of aliphatic carboxylic acids is 1. The molecule has 0 saturated heterocycles. The maximum Gasteiger partial charge on any atom is 0.112 e. The maximum absolute atomic E-state index is 10.8. The lowest BCUT2D eigenvalue weighted by molar-refractivity contribution is -0.873. The minimum atomic E-state index is -1.04. The first-order chi connectivity index (χ1) is 11.8. The third-order valence-corrected chi connectivity index (χ3v) is 4.21. The van der Waals surface area contributed by atoms with Gasteiger partial charge in [0.25, 0.3) is 0 Å². The van der Waals surface area contributed by atoms with Crippen molar-refractivity contribution in [3.05, 3.63) is 12.2 Å². The number of carboxylic acids is 1. The number of allylic oxidation sites excluding steroid dienone is 1. The first-order valence-corrected chi connectivity index (χ1v) is 10.1. The molecule has 0 aliphatic carbocycles. The molecule has 0 radical (unpaired) electrons. The Morgan fingerprint density at radius 3 is 2.04 bits per heavy atom. The molecule has 25 heavy (non-hydrogen) atoms. The molecule has 1 unspecified atom stereocenters. The van der Waals surface area contributed by atoms with Crippen LogP contribution in [-0.2, 0) is 9.53 Å². The Labute approximate surface area is 155 Å². The normalized spacial score (nSPS) is 13.4. The molecule has 0 aromatic heterocycles. The molecule has 0 aliphatic rings. The van der Waals surface area contributed by atoms with Gasteiger partial charge in [0, 0.05) is 12.4 Å². The largest absolute Gasteiger partial charge is 0.550 e. The number of carbonyl (C=O) groups excluding carboxylic acids is 1. The molecular weight excluding hydrogens is 314 g/mol. The summed E-state index contributed by atoms with van der Waals surface area (Å²) in [5.41, 5.74) is 0. The van der Waals surface area contributed by atoms with E-state index in [4.69, 9.17) is 4.74 Å². The second-order valence-corrected chi connectivity index (χ2v) is 8.09. The number of quaternary nitrogens is 1. The van der Waals surface area contributed by atoms with E-state index in [-0.39, 0.29) is 12.5 Å². The zero-order chi connectivity index (χ0) is 19.0. The summed E-state index contributed by atoms with van der Waals surface area (Å²) in [6.45, 7) is 3.40. The Hall–Kier alpha value is -0.870. The lowest BCUT2D eigenvalue weighted by Crippen LogP contribution is -2.44. The highest BCUT2D eigenvalue weighted by Gasteiger charge is 2.18. The van der Waals surface area contributed by atoms with Crippen LogP contribution in [0.15, 0.2) is 12.2 Å². The van der Waals surface area contributed by atoms with Gasteiger partial charge in [0.05, 0.1) is 27.7 Å². The van der Waals surface area contributed by atoms with Crippen molar-refractivity contribution in [1.29, 1.82) is 0 Å². The standard InChI is InChI=1S/C21H41NO3/c1-5-6-7-8-9-10-11-12-13-14-15-16-17-25-20(18-21(23)24)19-22(2,3)4/h15-16,20H,5-14,17-19H2,1-4H3/b16-15+. The number of likely N-dealkylation sites (N-methyl/N-ethyl adjacent to an activating group) is 1. The highest BCUT2D eigenvalue weighted by Crippen LogP contribution is 2.10. The van der Waals surface area contributed by atoms with Gasteiger partial charge in [-0.3, -0.25) is 0 Å². The Bertz CT molecular complexity index is 348. The Kier molecular flexibility index (Phi) is 14.9. The van der Waals surface area contributed by atoms with Crippen LogP contribution < -0.4 is 5.11 Å². The van der Waals surface area contributed by atoms with Crippen LogP contribution >= 0.6 is 0 Å².